The molecule has 1 aliphatic rings. The fourth-order valence-corrected chi connectivity index (χ4v) is 3.89. The Bertz CT molecular complexity index is 918. The van der Waals surface area contributed by atoms with Crippen molar-refractivity contribution < 1.29 is 27.5 Å². The number of ether oxygens (including phenoxy) is 1. The van der Waals surface area contributed by atoms with Crippen molar-refractivity contribution in [3.8, 4) is 0 Å². The van der Waals surface area contributed by atoms with Crippen LogP contribution in [0, 0.1) is 0 Å². The average Bonchev–Trinajstić information content (AvgIpc) is 2.79. The summed E-state index contributed by atoms with van der Waals surface area (Å²) in [4.78, 5) is 27.1. The van der Waals surface area contributed by atoms with Crippen molar-refractivity contribution in [3.05, 3.63) is 69.7 Å². The van der Waals surface area contributed by atoms with E-state index < -0.39 is 24.3 Å². The van der Waals surface area contributed by atoms with Gasteiger partial charge in [-0.25, -0.2) is 4.79 Å². The largest absolute Gasteiger partial charge is 0.434 e. The van der Waals surface area contributed by atoms with Gasteiger partial charge in [0.15, 0.2) is 0 Å². The second-order valence-electron chi connectivity index (χ2n) is 7.45. The third-order valence-electron chi connectivity index (χ3n) is 5.31. The van der Waals surface area contributed by atoms with E-state index in [4.69, 9.17) is 23.2 Å². The minimum atomic E-state index is -5.01. The second-order valence-corrected chi connectivity index (χ2v) is 8.32. The summed E-state index contributed by atoms with van der Waals surface area (Å²) in [5, 5.41) is 3.05. The molecular formula is C22H22Cl2F3N3O3. The van der Waals surface area contributed by atoms with Gasteiger partial charge in [0, 0.05) is 43.3 Å². The van der Waals surface area contributed by atoms with Gasteiger partial charge in [-0.3, -0.25) is 9.69 Å². The van der Waals surface area contributed by atoms with E-state index in [0.29, 0.717) is 23.1 Å². The number of amides is 2. The SMILES string of the molecule is CNC(=O)C(OC(=O)N1CCN(C(c2ccc(Cl)cc2)c2ccc(Cl)cc2)CC1)C(F)(F)F. The van der Waals surface area contributed by atoms with Gasteiger partial charge in [0.05, 0.1) is 6.04 Å². The molecule has 178 valence electrons. The number of piperazine rings is 1. The van der Waals surface area contributed by atoms with Crippen LogP contribution < -0.4 is 5.32 Å². The summed E-state index contributed by atoms with van der Waals surface area (Å²) in [7, 11) is 1.04. The maximum atomic E-state index is 13.1. The number of rotatable bonds is 5. The molecular weight excluding hydrogens is 482 g/mol. The van der Waals surface area contributed by atoms with Crippen LogP contribution in [0.1, 0.15) is 17.2 Å². The molecule has 6 nitrogen and oxygen atoms in total. The topological polar surface area (TPSA) is 61.9 Å². The number of hydrogen-bond donors (Lipinski definition) is 1. The van der Waals surface area contributed by atoms with Gasteiger partial charge >= 0.3 is 12.3 Å². The van der Waals surface area contributed by atoms with Gasteiger partial charge in [-0.1, -0.05) is 47.5 Å². The molecule has 1 unspecified atom stereocenters. The Hall–Kier alpha value is -2.49. The van der Waals surface area contributed by atoms with E-state index in [9.17, 15) is 22.8 Å². The van der Waals surface area contributed by atoms with Crippen molar-refractivity contribution in [1.82, 2.24) is 15.1 Å². The number of alkyl halides is 3. The molecule has 1 fully saturated rings. The molecule has 1 atom stereocenters. The third-order valence-corrected chi connectivity index (χ3v) is 5.81. The fourth-order valence-electron chi connectivity index (χ4n) is 3.64. The summed E-state index contributed by atoms with van der Waals surface area (Å²) in [5.41, 5.74) is 1.93. The number of likely N-dealkylation sites (N-methyl/N-ethyl adjacent to an activating group) is 1. The molecule has 2 aromatic rings. The fraction of sp³-hybridized carbons (Fsp3) is 0.364. The van der Waals surface area contributed by atoms with E-state index in [1.165, 1.54) is 4.90 Å². The van der Waals surface area contributed by atoms with Gasteiger partial charge in [-0.05, 0) is 35.4 Å². The zero-order chi connectivity index (χ0) is 24.2. The lowest BCUT2D eigenvalue weighted by molar-refractivity contribution is -0.206. The van der Waals surface area contributed by atoms with Crippen LogP contribution in [0.4, 0.5) is 18.0 Å². The minimum Gasteiger partial charge on any atom is -0.426 e. The van der Waals surface area contributed by atoms with Gasteiger partial charge in [-0.2, -0.15) is 13.2 Å². The number of carbonyl (C=O) groups excluding carboxylic acids is 2. The first-order valence-corrected chi connectivity index (χ1v) is 10.8. The zero-order valence-corrected chi connectivity index (χ0v) is 19.1. The first kappa shape index (κ1) is 25.1. The van der Waals surface area contributed by atoms with Gasteiger partial charge in [-0.15, -0.1) is 0 Å². The van der Waals surface area contributed by atoms with E-state index in [2.05, 4.69) is 9.64 Å². The predicted octanol–water partition coefficient (Wildman–Crippen LogP) is 4.51. The standard InChI is InChI=1S/C22H22Cl2F3N3O3/c1-28-20(31)19(22(25,26)27)33-21(32)30-12-10-29(11-13-30)18(14-2-6-16(23)7-3-14)15-4-8-17(24)9-5-15/h2-9,18-19H,10-13H2,1H3,(H,28,31). The van der Waals surface area contributed by atoms with E-state index in [-0.39, 0.29) is 19.1 Å². The van der Waals surface area contributed by atoms with E-state index in [1.54, 1.807) is 24.3 Å². The minimum absolute atomic E-state index is 0.134. The van der Waals surface area contributed by atoms with Gasteiger partial charge in [0.2, 0.25) is 0 Å². The lowest BCUT2D eigenvalue weighted by Gasteiger charge is -2.39. The highest BCUT2D eigenvalue weighted by molar-refractivity contribution is 6.30. The van der Waals surface area contributed by atoms with Crippen molar-refractivity contribution in [2.45, 2.75) is 18.3 Å². The number of carbonyl (C=O) groups is 2. The first-order chi connectivity index (χ1) is 15.6. The van der Waals surface area contributed by atoms with Crippen LogP contribution in [-0.2, 0) is 9.53 Å². The normalized spacial score (nSPS) is 15.9. The summed E-state index contributed by atoms with van der Waals surface area (Å²) in [6, 6.07) is 14.6. The number of hydrogen-bond acceptors (Lipinski definition) is 4. The molecule has 2 amide bonds. The number of halogens is 5. The number of nitrogens with zero attached hydrogens (tertiary/aromatic N) is 2. The average molecular weight is 504 g/mol. The van der Waals surface area contributed by atoms with Crippen LogP contribution in [0.2, 0.25) is 10.0 Å². The Kier molecular flexibility index (Phi) is 8.10. The van der Waals surface area contributed by atoms with Crippen molar-refractivity contribution in [2.75, 3.05) is 33.2 Å². The van der Waals surface area contributed by atoms with Gasteiger partial charge in [0.25, 0.3) is 12.0 Å². The van der Waals surface area contributed by atoms with Crippen molar-refractivity contribution in [3.63, 3.8) is 0 Å². The van der Waals surface area contributed by atoms with Crippen LogP contribution in [0.3, 0.4) is 0 Å². The summed E-state index contributed by atoms with van der Waals surface area (Å²) < 4.78 is 43.8. The molecule has 0 aromatic heterocycles. The van der Waals surface area contributed by atoms with E-state index in [0.717, 1.165) is 18.2 Å². The lowest BCUT2D eigenvalue weighted by atomic mass is 9.96. The Labute approximate surface area is 199 Å². The van der Waals surface area contributed by atoms with Crippen LogP contribution in [0.15, 0.2) is 48.5 Å². The highest BCUT2D eigenvalue weighted by Gasteiger charge is 2.48. The smallest absolute Gasteiger partial charge is 0.426 e. The molecule has 1 aliphatic heterocycles. The van der Waals surface area contributed by atoms with Crippen LogP contribution >= 0.6 is 23.2 Å². The lowest BCUT2D eigenvalue weighted by Crippen LogP contribution is -2.53. The van der Waals surface area contributed by atoms with Crippen molar-refractivity contribution in [1.29, 1.82) is 0 Å². The van der Waals surface area contributed by atoms with Gasteiger partial charge < -0.3 is 15.0 Å². The molecule has 2 aromatic carbocycles. The highest BCUT2D eigenvalue weighted by atomic mass is 35.5. The quantitative estimate of drug-likeness (QED) is 0.651. The molecule has 33 heavy (non-hydrogen) atoms. The monoisotopic (exact) mass is 503 g/mol. The summed E-state index contributed by atoms with van der Waals surface area (Å²) >= 11 is 12.1. The van der Waals surface area contributed by atoms with Crippen molar-refractivity contribution in [2.24, 2.45) is 0 Å². The molecule has 0 bridgehead atoms. The first-order valence-electron chi connectivity index (χ1n) is 10.1. The molecule has 1 heterocycles. The summed E-state index contributed by atoms with van der Waals surface area (Å²) in [6.07, 6.45) is -9.05. The molecule has 0 spiro atoms. The highest BCUT2D eigenvalue weighted by Crippen LogP contribution is 2.31. The Morgan fingerprint density at radius 3 is 1.76 bits per heavy atom. The third kappa shape index (κ3) is 6.31. The summed E-state index contributed by atoms with van der Waals surface area (Å²) in [5.74, 6) is -1.43. The molecule has 3 rings (SSSR count). The van der Waals surface area contributed by atoms with Crippen LogP contribution in [-0.4, -0.2) is 67.3 Å². The zero-order valence-electron chi connectivity index (χ0n) is 17.6. The van der Waals surface area contributed by atoms with E-state index >= 15 is 0 Å². The van der Waals surface area contributed by atoms with Crippen molar-refractivity contribution >= 4 is 35.2 Å². The maximum absolute atomic E-state index is 13.1. The predicted molar refractivity (Wildman–Crippen MR) is 118 cm³/mol. The number of nitrogens with one attached hydrogen (secondary N) is 1. The molecule has 0 aliphatic carbocycles. The Morgan fingerprint density at radius 2 is 1.36 bits per heavy atom. The Balaban J connectivity index is 1.73. The van der Waals surface area contributed by atoms with Gasteiger partial charge in [0.1, 0.15) is 0 Å². The second kappa shape index (κ2) is 10.6. The molecule has 0 saturated carbocycles. The van der Waals surface area contributed by atoms with Crippen LogP contribution in [0.5, 0.6) is 0 Å². The van der Waals surface area contributed by atoms with Crippen LogP contribution in [0.25, 0.3) is 0 Å². The summed E-state index contributed by atoms with van der Waals surface area (Å²) in [6.45, 7) is 1.02. The maximum Gasteiger partial charge on any atom is 0.434 e. The number of benzene rings is 2. The van der Waals surface area contributed by atoms with E-state index in [1.807, 2.05) is 29.6 Å². The molecule has 1 saturated heterocycles. The molecule has 0 radical (unpaired) electrons. The Morgan fingerprint density at radius 1 is 0.909 bits per heavy atom. The molecule has 1 N–H and O–H groups in total. The molecule has 11 heteroatoms.